The van der Waals surface area contributed by atoms with Crippen LogP contribution in [0.3, 0.4) is 0 Å². The van der Waals surface area contributed by atoms with Gasteiger partial charge in [0, 0.05) is 24.7 Å². The lowest BCUT2D eigenvalue weighted by Crippen LogP contribution is -2.64. The smallest absolute Gasteiger partial charge is 0.271 e. The maximum Gasteiger partial charge on any atom is 0.271 e. The molecule has 180 valence electrons. The van der Waals surface area contributed by atoms with Crippen molar-refractivity contribution in [2.24, 2.45) is 0 Å². The van der Waals surface area contributed by atoms with Crippen LogP contribution in [0.25, 0.3) is 11.1 Å². The van der Waals surface area contributed by atoms with E-state index in [1.165, 1.54) is 6.42 Å². The average molecular weight is 464 g/mol. The van der Waals surface area contributed by atoms with Crippen LogP contribution in [0.4, 0.5) is 0 Å². The lowest BCUT2D eigenvalue weighted by molar-refractivity contribution is -0.134. The van der Waals surface area contributed by atoms with Gasteiger partial charge in [-0.25, -0.2) is 0 Å². The van der Waals surface area contributed by atoms with Crippen molar-refractivity contribution in [3.63, 3.8) is 0 Å². The van der Waals surface area contributed by atoms with Gasteiger partial charge < -0.3 is 23.9 Å². The Hall–Kier alpha value is -3.22. The molecule has 3 heterocycles. The molecule has 2 amide bonds. The van der Waals surface area contributed by atoms with E-state index in [1.807, 2.05) is 41.8 Å². The van der Waals surface area contributed by atoms with Gasteiger partial charge >= 0.3 is 0 Å². The SMILES string of the molecule is CCCOc1ccc(CN2C(=O)c3cc4occc4n3C[C@@]2(C)C(=O)NC2CCCCC2)cc1. The quantitative estimate of drug-likeness (QED) is 0.541. The molecule has 2 aromatic heterocycles. The Morgan fingerprint density at radius 2 is 1.94 bits per heavy atom. The number of nitrogens with one attached hydrogen (secondary N) is 1. The Kier molecular flexibility index (Phi) is 6.11. The third kappa shape index (κ3) is 4.08. The number of nitrogens with zero attached hydrogens (tertiary/aromatic N) is 2. The number of rotatable bonds is 7. The van der Waals surface area contributed by atoms with Gasteiger partial charge in [0.2, 0.25) is 5.91 Å². The summed E-state index contributed by atoms with van der Waals surface area (Å²) in [7, 11) is 0. The number of carbonyl (C=O) groups is 2. The molecule has 1 aliphatic heterocycles. The maximum absolute atomic E-state index is 13.8. The fourth-order valence-electron chi connectivity index (χ4n) is 5.20. The Bertz CT molecular complexity index is 1170. The third-order valence-corrected chi connectivity index (χ3v) is 7.22. The van der Waals surface area contributed by atoms with Crippen molar-refractivity contribution >= 4 is 22.9 Å². The van der Waals surface area contributed by atoms with Gasteiger partial charge in [-0.2, -0.15) is 0 Å². The summed E-state index contributed by atoms with van der Waals surface area (Å²) in [5.41, 5.74) is 2.00. The Balaban J connectivity index is 1.46. The normalized spacial score (nSPS) is 21.0. The van der Waals surface area contributed by atoms with Gasteiger partial charge in [-0.3, -0.25) is 9.59 Å². The summed E-state index contributed by atoms with van der Waals surface area (Å²) in [5, 5.41) is 3.27. The van der Waals surface area contributed by atoms with E-state index in [4.69, 9.17) is 9.15 Å². The topological polar surface area (TPSA) is 76.7 Å². The average Bonchev–Trinajstić information content (AvgIpc) is 3.44. The first-order chi connectivity index (χ1) is 16.5. The first-order valence-corrected chi connectivity index (χ1v) is 12.4. The van der Waals surface area contributed by atoms with Gasteiger partial charge in [0.25, 0.3) is 5.91 Å². The molecule has 0 bridgehead atoms. The second-order valence-corrected chi connectivity index (χ2v) is 9.75. The standard InChI is InChI=1S/C27H33N3O4/c1-3-14-33-21-11-9-19(10-12-21)17-30-25(31)23-16-24-22(13-15-34-24)29(23)18-27(30,2)26(32)28-20-7-5-4-6-8-20/h9-13,15-16,20H,3-8,14,17-18H2,1-2H3,(H,28,32)/t27-/m0/s1. The van der Waals surface area contributed by atoms with E-state index < -0.39 is 5.54 Å². The lowest BCUT2D eigenvalue weighted by atomic mass is 9.91. The van der Waals surface area contributed by atoms with Crippen LogP contribution in [0, 0.1) is 0 Å². The molecule has 34 heavy (non-hydrogen) atoms. The fraction of sp³-hybridized carbons (Fsp3) is 0.481. The summed E-state index contributed by atoms with van der Waals surface area (Å²) in [6, 6.07) is 11.6. The largest absolute Gasteiger partial charge is 0.494 e. The van der Waals surface area contributed by atoms with Crippen molar-refractivity contribution in [3.05, 3.63) is 53.9 Å². The van der Waals surface area contributed by atoms with Crippen LogP contribution in [0.2, 0.25) is 0 Å². The maximum atomic E-state index is 13.8. The number of amides is 2. The molecule has 0 spiro atoms. The van der Waals surface area contributed by atoms with Crippen molar-refractivity contribution in [1.82, 2.24) is 14.8 Å². The second kappa shape index (κ2) is 9.20. The molecule has 7 heteroatoms. The number of hydrogen-bond acceptors (Lipinski definition) is 4. The number of furan rings is 1. The monoisotopic (exact) mass is 463 g/mol. The zero-order valence-corrected chi connectivity index (χ0v) is 20.0. The molecule has 0 radical (unpaired) electrons. The van der Waals surface area contributed by atoms with Crippen LogP contribution in [-0.2, 0) is 17.9 Å². The number of aromatic nitrogens is 1. The highest BCUT2D eigenvalue weighted by molar-refractivity contribution is 6.02. The van der Waals surface area contributed by atoms with E-state index in [2.05, 4.69) is 12.2 Å². The van der Waals surface area contributed by atoms with Crippen LogP contribution in [0.5, 0.6) is 5.75 Å². The van der Waals surface area contributed by atoms with E-state index in [1.54, 1.807) is 17.2 Å². The predicted octanol–water partition coefficient (Wildman–Crippen LogP) is 4.89. The molecule has 1 atom stereocenters. The Labute approximate surface area is 200 Å². The highest BCUT2D eigenvalue weighted by Crippen LogP contribution is 2.34. The van der Waals surface area contributed by atoms with E-state index in [0.717, 1.165) is 48.9 Å². The molecule has 5 rings (SSSR count). The Morgan fingerprint density at radius 1 is 1.18 bits per heavy atom. The van der Waals surface area contributed by atoms with Gasteiger partial charge in [-0.05, 0) is 43.9 Å². The number of hydrogen-bond donors (Lipinski definition) is 1. The van der Waals surface area contributed by atoms with Gasteiger partial charge in [0.15, 0.2) is 5.58 Å². The first-order valence-electron chi connectivity index (χ1n) is 12.4. The summed E-state index contributed by atoms with van der Waals surface area (Å²) in [4.78, 5) is 29.2. The van der Waals surface area contributed by atoms with Crippen molar-refractivity contribution in [2.45, 2.75) is 77.0 Å². The van der Waals surface area contributed by atoms with Gasteiger partial charge in [-0.1, -0.05) is 38.3 Å². The number of carbonyl (C=O) groups excluding carboxylic acids is 2. The minimum atomic E-state index is -1.03. The molecule has 7 nitrogen and oxygen atoms in total. The summed E-state index contributed by atoms with van der Waals surface area (Å²) in [6.45, 7) is 5.35. The van der Waals surface area contributed by atoms with Crippen LogP contribution in [-0.4, -0.2) is 39.5 Å². The van der Waals surface area contributed by atoms with Crippen molar-refractivity contribution in [1.29, 1.82) is 0 Å². The molecule has 1 saturated carbocycles. The minimum absolute atomic E-state index is 0.0911. The molecule has 3 aromatic rings. The van der Waals surface area contributed by atoms with E-state index in [9.17, 15) is 9.59 Å². The molecule has 2 aliphatic rings. The molecular formula is C27H33N3O4. The van der Waals surface area contributed by atoms with Crippen molar-refractivity contribution in [2.75, 3.05) is 6.61 Å². The summed E-state index contributed by atoms with van der Waals surface area (Å²) < 4.78 is 13.2. The van der Waals surface area contributed by atoms with Crippen LogP contribution in [0.1, 0.15) is 68.4 Å². The summed E-state index contributed by atoms with van der Waals surface area (Å²) in [6.07, 6.45) is 8.04. The summed E-state index contributed by atoms with van der Waals surface area (Å²) in [5.74, 6) is 0.555. The molecule has 0 saturated heterocycles. The zero-order chi connectivity index (χ0) is 23.7. The molecule has 1 fully saturated rings. The van der Waals surface area contributed by atoms with Gasteiger partial charge in [-0.15, -0.1) is 0 Å². The number of benzene rings is 1. The molecule has 0 unspecified atom stereocenters. The Morgan fingerprint density at radius 3 is 2.68 bits per heavy atom. The van der Waals surface area contributed by atoms with E-state index in [-0.39, 0.29) is 17.9 Å². The molecule has 1 aromatic carbocycles. The highest BCUT2D eigenvalue weighted by Gasteiger charge is 2.48. The van der Waals surface area contributed by atoms with Crippen molar-refractivity contribution in [3.8, 4) is 5.75 Å². The first kappa shape index (κ1) is 22.6. The highest BCUT2D eigenvalue weighted by atomic mass is 16.5. The number of fused-ring (bicyclic) bond motifs is 3. The van der Waals surface area contributed by atoms with E-state index in [0.29, 0.717) is 31.0 Å². The number of ether oxygens (including phenoxy) is 1. The lowest BCUT2D eigenvalue weighted by Gasteiger charge is -2.44. The summed E-state index contributed by atoms with van der Waals surface area (Å²) >= 11 is 0. The van der Waals surface area contributed by atoms with Crippen LogP contribution >= 0.6 is 0 Å². The van der Waals surface area contributed by atoms with E-state index >= 15 is 0 Å². The van der Waals surface area contributed by atoms with Gasteiger partial charge in [0.1, 0.15) is 17.0 Å². The van der Waals surface area contributed by atoms with Crippen molar-refractivity contribution < 1.29 is 18.7 Å². The molecule has 1 aliphatic carbocycles. The second-order valence-electron chi connectivity index (χ2n) is 9.75. The molecular weight excluding hydrogens is 430 g/mol. The van der Waals surface area contributed by atoms with Gasteiger partial charge in [0.05, 0.1) is 24.9 Å². The predicted molar refractivity (Wildman–Crippen MR) is 130 cm³/mol. The minimum Gasteiger partial charge on any atom is -0.494 e. The van der Waals surface area contributed by atoms with Crippen LogP contribution < -0.4 is 10.1 Å². The van der Waals surface area contributed by atoms with Crippen LogP contribution in [0.15, 0.2) is 47.1 Å². The zero-order valence-electron chi connectivity index (χ0n) is 20.0. The molecule has 1 N–H and O–H groups in total. The third-order valence-electron chi connectivity index (χ3n) is 7.22. The fourth-order valence-corrected chi connectivity index (χ4v) is 5.20.